The Morgan fingerprint density at radius 2 is 1.75 bits per heavy atom. The van der Waals surface area contributed by atoms with Crippen molar-refractivity contribution < 1.29 is 22.8 Å². The summed E-state index contributed by atoms with van der Waals surface area (Å²) in [6.45, 7) is 4.56. The number of piperazine rings is 1. The molecule has 2 rings (SSSR count). The fourth-order valence-electron chi connectivity index (χ4n) is 2.49. The van der Waals surface area contributed by atoms with Crippen LogP contribution in [0.25, 0.3) is 0 Å². The zero-order chi connectivity index (χ0) is 17.7. The van der Waals surface area contributed by atoms with Gasteiger partial charge in [0.15, 0.2) is 0 Å². The van der Waals surface area contributed by atoms with Gasteiger partial charge in [0.2, 0.25) is 5.91 Å². The Labute approximate surface area is 138 Å². The van der Waals surface area contributed by atoms with E-state index >= 15 is 0 Å². The van der Waals surface area contributed by atoms with E-state index in [-0.39, 0.29) is 18.0 Å². The lowest BCUT2D eigenvalue weighted by Gasteiger charge is -2.30. The predicted molar refractivity (Wildman–Crippen MR) is 82.5 cm³/mol. The molecule has 1 aliphatic heterocycles. The van der Waals surface area contributed by atoms with Crippen LogP contribution in [0, 0.1) is 0 Å². The van der Waals surface area contributed by atoms with Crippen LogP contribution in [0.2, 0.25) is 0 Å². The molecule has 1 fully saturated rings. The van der Waals surface area contributed by atoms with E-state index < -0.39 is 17.6 Å². The molecule has 0 unspecified atom stereocenters. The summed E-state index contributed by atoms with van der Waals surface area (Å²) in [5, 5.41) is 3.14. The van der Waals surface area contributed by atoms with Crippen molar-refractivity contribution in [3.05, 3.63) is 35.4 Å². The molecule has 0 spiro atoms. The molecule has 1 heterocycles. The fraction of sp³-hybridized carbons (Fsp3) is 0.500. The van der Waals surface area contributed by atoms with Gasteiger partial charge < -0.3 is 15.1 Å². The quantitative estimate of drug-likeness (QED) is 0.904. The van der Waals surface area contributed by atoms with E-state index in [0.29, 0.717) is 32.7 Å². The molecule has 0 bridgehead atoms. The van der Waals surface area contributed by atoms with Gasteiger partial charge in [0.1, 0.15) is 6.54 Å². The Hall–Kier alpha value is -2.09. The maximum atomic E-state index is 12.6. The van der Waals surface area contributed by atoms with Crippen molar-refractivity contribution in [3.8, 4) is 0 Å². The minimum atomic E-state index is -4.44. The summed E-state index contributed by atoms with van der Waals surface area (Å²) >= 11 is 0. The second-order valence-electron chi connectivity index (χ2n) is 5.53. The Morgan fingerprint density at radius 1 is 1.17 bits per heavy atom. The number of rotatable bonds is 4. The molecule has 0 saturated carbocycles. The van der Waals surface area contributed by atoms with Crippen LogP contribution in [-0.4, -0.2) is 60.9 Å². The first-order valence-corrected chi connectivity index (χ1v) is 7.78. The summed E-state index contributed by atoms with van der Waals surface area (Å²) in [7, 11) is 0. The topological polar surface area (TPSA) is 52.7 Å². The van der Waals surface area contributed by atoms with E-state index in [9.17, 15) is 22.8 Å². The number of carbonyl (C=O) groups is 2. The smallest absolute Gasteiger partial charge is 0.339 e. The summed E-state index contributed by atoms with van der Waals surface area (Å²) in [6.07, 6.45) is -4.44. The zero-order valence-corrected chi connectivity index (χ0v) is 13.4. The number of carbonyl (C=O) groups excluding carboxylic acids is 2. The molecule has 2 amide bonds. The monoisotopic (exact) mass is 343 g/mol. The number of likely N-dealkylation sites (N-methyl/N-ethyl adjacent to an activating group) is 1. The fourth-order valence-corrected chi connectivity index (χ4v) is 2.49. The van der Waals surface area contributed by atoms with E-state index in [4.69, 9.17) is 0 Å². The molecule has 0 atom stereocenters. The van der Waals surface area contributed by atoms with Crippen LogP contribution in [0.4, 0.5) is 13.2 Å². The van der Waals surface area contributed by atoms with Crippen LogP contribution < -0.4 is 5.32 Å². The van der Waals surface area contributed by atoms with Gasteiger partial charge in [0.25, 0.3) is 5.91 Å². The number of amides is 2. The minimum Gasteiger partial charge on any atom is -0.339 e. The van der Waals surface area contributed by atoms with Gasteiger partial charge in [-0.25, -0.2) is 0 Å². The first kappa shape index (κ1) is 18.3. The van der Waals surface area contributed by atoms with Crippen LogP contribution in [0.5, 0.6) is 0 Å². The van der Waals surface area contributed by atoms with Gasteiger partial charge in [-0.05, 0) is 31.2 Å². The Balaban J connectivity index is 2.03. The highest BCUT2D eigenvalue weighted by atomic mass is 19.4. The van der Waals surface area contributed by atoms with Crippen molar-refractivity contribution in [2.75, 3.05) is 39.3 Å². The lowest BCUT2D eigenvalue weighted by atomic mass is 10.1. The molecule has 24 heavy (non-hydrogen) atoms. The molecule has 1 saturated heterocycles. The summed E-state index contributed by atoms with van der Waals surface area (Å²) in [5.74, 6) is -0.603. The van der Waals surface area contributed by atoms with E-state index in [2.05, 4.69) is 5.32 Å². The van der Waals surface area contributed by atoms with Crippen LogP contribution in [0.3, 0.4) is 0 Å². The molecule has 0 radical (unpaired) electrons. The molecule has 1 aromatic rings. The molecule has 132 valence electrons. The highest BCUT2D eigenvalue weighted by Gasteiger charge is 2.30. The summed E-state index contributed by atoms with van der Waals surface area (Å²) in [5.41, 5.74) is -0.669. The average molecular weight is 343 g/mol. The molecule has 1 aliphatic rings. The number of nitrogens with zero attached hydrogens (tertiary/aromatic N) is 2. The summed E-state index contributed by atoms with van der Waals surface area (Å²) < 4.78 is 37.7. The number of halogens is 3. The van der Waals surface area contributed by atoms with Gasteiger partial charge in [-0.15, -0.1) is 0 Å². The third kappa shape index (κ3) is 4.47. The van der Waals surface area contributed by atoms with Gasteiger partial charge in [-0.2, -0.15) is 13.2 Å². The molecule has 0 aliphatic carbocycles. The van der Waals surface area contributed by atoms with Crippen LogP contribution >= 0.6 is 0 Å². The highest BCUT2D eigenvalue weighted by molar-refractivity contribution is 5.96. The van der Waals surface area contributed by atoms with Crippen LogP contribution in [0.1, 0.15) is 22.8 Å². The van der Waals surface area contributed by atoms with Gasteiger partial charge in [-0.3, -0.25) is 9.59 Å². The highest BCUT2D eigenvalue weighted by Crippen LogP contribution is 2.29. The summed E-state index contributed by atoms with van der Waals surface area (Å²) in [4.78, 5) is 27.7. The lowest BCUT2D eigenvalue weighted by molar-refractivity contribution is -0.137. The Kier molecular flexibility index (Phi) is 5.82. The predicted octanol–water partition coefficient (Wildman–Crippen LogP) is 1.60. The molecule has 8 heteroatoms. The van der Waals surface area contributed by atoms with Crippen molar-refractivity contribution in [3.63, 3.8) is 0 Å². The van der Waals surface area contributed by atoms with Crippen LogP contribution in [-0.2, 0) is 11.0 Å². The second kappa shape index (κ2) is 7.65. The molecular weight excluding hydrogens is 323 g/mol. The van der Waals surface area contributed by atoms with Gasteiger partial charge >= 0.3 is 6.18 Å². The van der Waals surface area contributed by atoms with Gasteiger partial charge in [0.05, 0.1) is 5.56 Å². The zero-order valence-electron chi connectivity index (χ0n) is 13.4. The van der Waals surface area contributed by atoms with E-state index in [1.54, 1.807) is 11.8 Å². The number of benzene rings is 1. The van der Waals surface area contributed by atoms with Crippen molar-refractivity contribution in [1.29, 1.82) is 0 Å². The first-order chi connectivity index (χ1) is 11.3. The van der Waals surface area contributed by atoms with E-state index in [1.807, 2.05) is 0 Å². The Morgan fingerprint density at radius 3 is 2.25 bits per heavy atom. The standard InChI is InChI=1S/C16H20F3N3O2/c1-2-21(11-14(23)22-9-7-20-8-10-22)15(24)12-3-5-13(6-4-12)16(17,18)19/h3-6,20H,2,7-11H2,1H3. The molecule has 5 nitrogen and oxygen atoms in total. The summed E-state index contributed by atoms with van der Waals surface area (Å²) in [6, 6.07) is 4.03. The number of alkyl halides is 3. The lowest BCUT2D eigenvalue weighted by Crippen LogP contribution is -2.50. The van der Waals surface area contributed by atoms with Crippen molar-refractivity contribution >= 4 is 11.8 Å². The number of hydrogen-bond acceptors (Lipinski definition) is 3. The van der Waals surface area contributed by atoms with E-state index in [1.165, 1.54) is 4.90 Å². The third-order valence-electron chi connectivity index (χ3n) is 3.92. The number of hydrogen-bond donors (Lipinski definition) is 1. The van der Waals surface area contributed by atoms with Crippen molar-refractivity contribution in [2.45, 2.75) is 13.1 Å². The maximum absolute atomic E-state index is 12.6. The van der Waals surface area contributed by atoms with E-state index in [0.717, 1.165) is 24.3 Å². The van der Waals surface area contributed by atoms with Crippen molar-refractivity contribution in [2.24, 2.45) is 0 Å². The first-order valence-electron chi connectivity index (χ1n) is 7.78. The SMILES string of the molecule is CCN(CC(=O)N1CCNCC1)C(=O)c1ccc(C(F)(F)F)cc1. The normalized spacial score (nSPS) is 15.2. The molecular formula is C16H20F3N3O2. The Bertz CT molecular complexity index is 581. The molecule has 1 N–H and O–H groups in total. The van der Waals surface area contributed by atoms with Crippen molar-refractivity contribution in [1.82, 2.24) is 15.1 Å². The third-order valence-corrected chi connectivity index (χ3v) is 3.92. The molecule has 1 aromatic carbocycles. The van der Waals surface area contributed by atoms with Gasteiger partial charge in [0, 0.05) is 38.3 Å². The van der Waals surface area contributed by atoms with Gasteiger partial charge in [-0.1, -0.05) is 0 Å². The largest absolute Gasteiger partial charge is 0.416 e. The van der Waals surface area contributed by atoms with Crippen LogP contribution in [0.15, 0.2) is 24.3 Å². The average Bonchev–Trinajstić information content (AvgIpc) is 2.59. The molecule has 0 aromatic heterocycles. The number of nitrogens with one attached hydrogen (secondary N) is 1. The maximum Gasteiger partial charge on any atom is 0.416 e. The minimum absolute atomic E-state index is 0.0731. The second-order valence-corrected chi connectivity index (χ2v) is 5.53.